The van der Waals surface area contributed by atoms with Crippen LogP contribution in [0, 0.1) is 5.82 Å². The number of nitrogens with zero attached hydrogens (tertiary/aromatic N) is 2. The summed E-state index contributed by atoms with van der Waals surface area (Å²) in [5.41, 5.74) is 0.303. The number of hydrogen-bond donors (Lipinski definition) is 2. The van der Waals surface area contributed by atoms with Gasteiger partial charge in [-0.1, -0.05) is 6.07 Å². The van der Waals surface area contributed by atoms with Gasteiger partial charge in [0.1, 0.15) is 11.3 Å². The van der Waals surface area contributed by atoms with Crippen molar-refractivity contribution in [3.8, 4) is 0 Å². The zero-order chi connectivity index (χ0) is 13.3. The number of fused-ring (bicyclic) bond motifs is 1. The van der Waals surface area contributed by atoms with Gasteiger partial charge in [-0.05, 0) is 33.0 Å². The normalized spacial score (nSPS) is 12.6. The largest absolute Gasteiger partial charge is 0.389 e. The lowest BCUT2D eigenvalue weighted by Gasteiger charge is -2.24. The predicted molar refractivity (Wildman–Crippen MR) is 68.7 cm³/mol. The Hall–Kier alpha value is -1.46. The highest BCUT2D eigenvalue weighted by Crippen LogP contribution is 2.16. The SMILES string of the molecule is CN(Cc1nc2c(F)cccc2[nH]1)CC(C)(C)O. The molecule has 1 heterocycles. The molecular weight excluding hydrogens is 233 g/mol. The van der Waals surface area contributed by atoms with Gasteiger partial charge in [0.2, 0.25) is 0 Å². The van der Waals surface area contributed by atoms with Crippen molar-refractivity contribution in [1.82, 2.24) is 14.9 Å². The van der Waals surface area contributed by atoms with Crippen molar-refractivity contribution in [1.29, 1.82) is 0 Å². The number of halogens is 1. The van der Waals surface area contributed by atoms with Crippen LogP contribution in [0.3, 0.4) is 0 Å². The molecule has 2 rings (SSSR count). The Morgan fingerprint density at radius 3 is 2.78 bits per heavy atom. The lowest BCUT2D eigenvalue weighted by Crippen LogP contribution is -2.36. The molecule has 4 nitrogen and oxygen atoms in total. The van der Waals surface area contributed by atoms with Gasteiger partial charge in [0, 0.05) is 6.54 Å². The van der Waals surface area contributed by atoms with Crippen LogP contribution >= 0.6 is 0 Å². The molecule has 0 aliphatic carbocycles. The van der Waals surface area contributed by atoms with Crippen molar-refractivity contribution in [2.75, 3.05) is 13.6 Å². The Kier molecular flexibility index (Phi) is 3.36. The number of nitrogens with one attached hydrogen (secondary N) is 1. The fraction of sp³-hybridized carbons (Fsp3) is 0.462. The minimum atomic E-state index is -0.758. The molecule has 0 spiro atoms. The van der Waals surface area contributed by atoms with E-state index in [0.717, 1.165) is 0 Å². The van der Waals surface area contributed by atoms with Gasteiger partial charge in [-0.3, -0.25) is 4.90 Å². The van der Waals surface area contributed by atoms with Gasteiger partial charge < -0.3 is 10.1 Å². The number of aromatic amines is 1. The molecule has 2 aromatic rings. The predicted octanol–water partition coefficient (Wildman–Crippen LogP) is 1.90. The second kappa shape index (κ2) is 4.66. The summed E-state index contributed by atoms with van der Waals surface area (Å²) in [7, 11) is 1.89. The molecule has 0 atom stereocenters. The molecule has 5 heteroatoms. The van der Waals surface area contributed by atoms with E-state index >= 15 is 0 Å². The zero-order valence-corrected chi connectivity index (χ0v) is 10.9. The average Bonchev–Trinajstić information content (AvgIpc) is 2.58. The monoisotopic (exact) mass is 251 g/mol. The highest BCUT2D eigenvalue weighted by molar-refractivity contribution is 5.75. The molecule has 2 N–H and O–H groups in total. The molecule has 0 amide bonds. The van der Waals surface area contributed by atoms with Crippen molar-refractivity contribution in [3.05, 3.63) is 29.8 Å². The second-order valence-corrected chi connectivity index (χ2v) is 5.30. The molecule has 98 valence electrons. The summed E-state index contributed by atoms with van der Waals surface area (Å²) in [5.74, 6) is 0.377. The summed E-state index contributed by atoms with van der Waals surface area (Å²) in [5, 5.41) is 9.72. The minimum absolute atomic E-state index is 0.319. The lowest BCUT2D eigenvalue weighted by atomic mass is 10.1. The number of aromatic nitrogens is 2. The van der Waals surface area contributed by atoms with Gasteiger partial charge in [0.15, 0.2) is 5.82 Å². The molecule has 0 bridgehead atoms. The quantitative estimate of drug-likeness (QED) is 0.872. The summed E-state index contributed by atoms with van der Waals surface area (Å²) in [4.78, 5) is 9.25. The van der Waals surface area contributed by atoms with E-state index in [0.29, 0.717) is 29.9 Å². The molecule has 0 fully saturated rings. The highest BCUT2D eigenvalue weighted by atomic mass is 19.1. The Labute approximate surface area is 105 Å². The lowest BCUT2D eigenvalue weighted by molar-refractivity contribution is 0.0419. The molecule has 0 saturated carbocycles. The van der Waals surface area contributed by atoms with E-state index in [9.17, 15) is 9.50 Å². The molecule has 1 aromatic heterocycles. The van der Waals surface area contributed by atoms with Crippen LogP contribution in [0.4, 0.5) is 4.39 Å². The summed E-state index contributed by atoms with van der Waals surface area (Å²) >= 11 is 0. The van der Waals surface area contributed by atoms with Gasteiger partial charge in [0.05, 0.1) is 17.7 Å². The third-order valence-electron chi connectivity index (χ3n) is 2.59. The zero-order valence-electron chi connectivity index (χ0n) is 10.9. The number of imidazole rings is 1. The first-order valence-electron chi connectivity index (χ1n) is 5.89. The Balaban J connectivity index is 2.15. The third-order valence-corrected chi connectivity index (χ3v) is 2.59. The molecule has 0 saturated heterocycles. The standard InChI is InChI=1S/C13H18FN3O/c1-13(2,18)8-17(3)7-11-15-10-6-4-5-9(14)12(10)16-11/h4-6,18H,7-8H2,1-3H3,(H,15,16). The fourth-order valence-corrected chi connectivity index (χ4v) is 2.10. The van der Waals surface area contributed by atoms with Crippen molar-refractivity contribution < 1.29 is 9.50 Å². The Morgan fingerprint density at radius 1 is 1.44 bits per heavy atom. The van der Waals surface area contributed by atoms with Gasteiger partial charge >= 0.3 is 0 Å². The van der Waals surface area contributed by atoms with E-state index in [2.05, 4.69) is 9.97 Å². The Bertz CT molecular complexity index is 545. The van der Waals surface area contributed by atoms with Crippen LogP contribution in [-0.4, -0.2) is 39.2 Å². The number of benzene rings is 1. The molecule has 0 aliphatic heterocycles. The summed E-state index contributed by atoms with van der Waals surface area (Å²) in [6.45, 7) is 4.56. The smallest absolute Gasteiger partial charge is 0.151 e. The summed E-state index contributed by atoms with van der Waals surface area (Å²) < 4.78 is 13.5. The van der Waals surface area contributed by atoms with Crippen molar-refractivity contribution >= 4 is 11.0 Å². The first kappa shape index (κ1) is 13.0. The van der Waals surface area contributed by atoms with Crippen LogP contribution in [0.15, 0.2) is 18.2 Å². The maximum absolute atomic E-state index is 13.5. The number of H-pyrrole nitrogens is 1. The Morgan fingerprint density at radius 2 is 2.17 bits per heavy atom. The van der Waals surface area contributed by atoms with Crippen molar-refractivity contribution in [3.63, 3.8) is 0 Å². The van der Waals surface area contributed by atoms with Gasteiger partial charge in [-0.15, -0.1) is 0 Å². The first-order chi connectivity index (χ1) is 8.35. The number of hydrogen-bond acceptors (Lipinski definition) is 3. The number of likely N-dealkylation sites (N-methyl/N-ethyl adjacent to an activating group) is 1. The average molecular weight is 251 g/mol. The number of para-hydroxylation sites is 1. The van der Waals surface area contributed by atoms with Crippen LogP contribution in [0.2, 0.25) is 0 Å². The van der Waals surface area contributed by atoms with E-state index in [-0.39, 0.29) is 5.82 Å². The molecule has 18 heavy (non-hydrogen) atoms. The van der Waals surface area contributed by atoms with Crippen LogP contribution in [-0.2, 0) is 6.54 Å². The second-order valence-electron chi connectivity index (χ2n) is 5.30. The van der Waals surface area contributed by atoms with Crippen LogP contribution in [0.25, 0.3) is 11.0 Å². The summed E-state index contributed by atoms with van der Waals surface area (Å²) in [6.07, 6.45) is 0. The molecular formula is C13H18FN3O. The van der Waals surface area contributed by atoms with Gasteiger partial charge in [-0.25, -0.2) is 9.37 Å². The maximum Gasteiger partial charge on any atom is 0.151 e. The van der Waals surface area contributed by atoms with Crippen LogP contribution in [0.5, 0.6) is 0 Å². The third kappa shape index (κ3) is 3.05. The fourth-order valence-electron chi connectivity index (χ4n) is 2.10. The van der Waals surface area contributed by atoms with E-state index in [1.54, 1.807) is 26.0 Å². The van der Waals surface area contributed by atoms with Gasteiger partial charge in [-0.2, -0.15) is 0 Å². The molecule has 0 unspecified atom stereocenters. The van der Waals surface area contributed by atoms with E-state index in [1.807, 2.05) is 11.9 Å². The summed E-state index contributed by atoms with van der Waals surface area (Å²) in [6, 6.07) is 4.85. The van der Waals surface area contributed by atoms with Crippen LogP contribution in [0.1, 0.15) is 19.7 Å². The number of aliphatic hydroxyl groups is 1. The minimum Gasteiger partial charge on any atom is -0.389 e. The molecule has 0 aliphatic rings. The molecule has 0 radical (unpaired) electrons. The van der Waals surface area contributed by atoms with Gasteiger partial charge in [0.25, 0.3) is 0 Å². The van der Waals surface area contributed by atoms with Crippen LogP contribution < -0.4 is 0 Å². The van der Waals surface area contributed by atoms with E-state index in [1.165, 1.54) is 6.07 Å². The topological polar surface area (TPSA) is 52.2 Å². The van der Waals surface area contributed by atoms with Crippen molar-refractivity contribution in [2.45, 2.75) is 26.0 Å². The van der Waals surface area contributed by atoms with E-state index < -0.39 is 5.60 Å². The number of rotatable bonds is 4. The van der Waals surface area contributed by atoms with Crippen molar-refractivity contribution in [2.24, 2.45) is 0 Å². The van der Waals surface area contributed by atoms with E-state index in [4.69, 9.17) is 0 Å². The first-order valence-corrected chi connectivity index (χ1v) is 5.89. The highest BCUT2D eigenvalue weighted by Gasteiger charge is 2.17. The maximum atomic E-state index is 13.5. The molecule has 1 aromatic carbocycles.